The molecule has 0 atom stereocenters. The number of carbonyl (C=O) groups excluding carboxylic acids is 2. The highest BCUT2D eigenvalue weighted by Crippen LogP contribution is 2.21. The lowest BCUT2D eigenvalue weighted by molar-refractivity contribution is -0.117. The number of oxazole rings is 1. The standard InChI is InChI=1S/C15H15N3O3/c19-14-2-1-7-18(14)12-5-3-11(4-6-12)8-17-15(20)13-9-16-10-21-13/h3-6,9-10H,1-2,7-8H2,(H,17,20). The molecule has 0 aliphatic carbocycles. The molecule has 1 N–H and O–H groups in total. The maximum Gasteiger partial charge on any atom is 0.288 e. The van der Waals surface area contributed by atoms with Gasteiger partial charge in [-0.05, 0) is 24.1 Å². The number of hydrogen-bond donors (Lipinski definition) is 1. The number of rotatable bonds is 4. The SMILES string of the molecule is O=C(NCc1ccc(N2CCCC2=O)cc1)c1cnco1. The number of nitrogens with zero attached hydrogens (tertiary/aromatic N) is 2. The van der Waals surface area contributed by atoms with Crippen LogP contribution in [0.25, 0.3) is 0 Å². The van der Waals surface area contributed by atoms with Crippen LogP contribution < -0.4 is 10.2 Å². The molecule has 0 bridgehead atoms. The van der Waals surface area contributed by atoms with Gasteiger partial charge >= 0.3 is 0 Å². The van der Waals surface area contributed by atoms with Crippen molar-refractivity contribution in [2.24, 2.45) is 0 Å². The summed E-state index contributed by atoms with van der Waals surface area (Å²) in [7, 11) is 0. The average Bonchev–Trinajstić information content (AvgIpc) is 3.17. The third-order valence-corrected chi connectivity index (χ3v) is 3.43. The molecular weight excluding hydrogens is 270 g/mol. The van der Waals surface area contributed by atoms with Crippen LogP contribution in [0.2, 0.25) is 0 Å². The Hall–Kier alpha value is -2.63. The lowest BCUT2D eigenvalue weighted by atomic mass is 10.2. The van der Waals surface area contributed by atoms with Gasteiger partial charge in [-0.15, -0.1) is 0 Å². The van der Waals surface area contributed by atoms with Gasteiger partial charge in [-0.2, -0.15) is 0 Å². The van der Waals surface area contributed by atoms with E-state index in [9.17, 15) is 9.59 Å². The fraction of sp³-hybridized carbons (Fsp3) is 0.267. The molecule has 1 fully saturated rings. The van der Waals surface area contributed by atoms with Gasteiger partial charge in [0.05, 0.1) is 6.20 Å². The highest BCUT2D eigenvalue weighted by atomic mass is 16.3. The highest BCUT2D eigenvalue weighted by molar-refractivity contribution is 5.95. The first-order chi connectivity index (χ1) is 10.2. The predicted molar refractivity (Wildman–Crippen MR) is 75.7 cm³/mol. The zero-order valence-electron chi connectivity index (χ0n) is 11.4. The minimum Gasteiger partial charge on any atom is -0.438 e. The largest absolute Gasteiger partial charge is 0.438 e. The fourth-order valence-electron chi connectivity index (χ4n) is 2.31. The van der Waals surface area contributed by atoms with Crippen molar-refractivity contribution in [2.75, 3.05) is 11.4 Å². The van der Waals surface area contributed by atoms with Crippen LogP contribution in [0.4, 0.5) is 5.69 Å². The van der Waals surface area contributed by atoms with Crippen molar-refractivity contribution < 1.29 is 14.0 Å². The third-order valence-electron chi connectivity index (χ3n) is 3.43. The van der Waals surface area contributed by atoms with Crippen molar-refractivity contribution in [3.63, 3.8) is 0 Å². The van der Waals surface area contributed by atoms with E-state index in [2.05, 4.69) is 10.3 Å². The summed E-state index contributed by atoms with van der Waals surface area (Å²) in [6.45, 7) is 1.17. The number of amides is 2. The summed E-state index contributed by atoms with van der Waals surface area (Å²) < 4.78 is 4.91. The van der Waals surface area contributed by atoms with Gasteiger partial charge < -0.3 is 14.6 Å². The number of hydrogen-bond acceptors (Lipinski definition) is 4. The van der Waals surface area contributed by atoms with Crippen LogP contribution in [-0.4, -0.2) is 23.3 Å². The summed E-state index contributed by atoms with van der Waals surface area (Å²) in [4.78, 5) is 28.8. The van der Waals surface area contributed by atoms with Gasteiger partial charge in [0.1, 0.15) is 0 Å². The van der Waals surface area contributed by atoms with Gasteiger partial charge in [-0.1, -0.05) is 12.1 Å². The smallest absolute Gasteiger partial charge is 0.288 e. The monoisotopic (exact) mass is 285 g/mol. The van der Waals surface area contributed by atoms with E-state index in [4.69, 9.17) is 4.42 Å². The number of anilines is 1. The zero-order valence-corrected chi connectivity index (χ0v) is 11.4. The Morgan fingerprint density at radius 1 is 1.33 bits per heavy atom. The molecule has 0 radical (unpaired) electrons. The first kappa shape index (κ1) is 13.4. The molecule has 1 aromatic carbocycles. The Balaban J connectivity index is 1.60. The quantitative estimate of drug-likeness (QED) is 0.928. The molecule has 2 amide bonds. The Morgan fingerprint density at radius 2 is 2.14 bits per heavy atom. The van der Waals surface area contributed by atoms with E-state index in [1.54, 1.807) is 4.90 Å². The first-order valence-corrected chi connectivity index (χ1v) is 6.80. The van der Waals surface area contributed by atoms with E-state index < -0.39 is 0 Å². The summed E-state index contributed by atoms with van der Waals surface area (Å²) in [6, 6.07) is 7.61. The van der Waals surface area contributed by atoms with E-state index in [0.29, 0.717) is 13.0 Å². The maximum absolute atomic E-state index is 11.7. The Kier molecular flexibility index (Phi) is 3.68. The summed E-state index contributed by atoms with van der Waals surface area (Å²) >= 11 is 0. The van der Waals surface area contributed by atoms with Gasteiger partial charge in [0, 0.05) is 25.2 Å². The molecule has 1 saturated heterocycles. The second-order valence-corrected chi connectivity index (χ2v) is 4.86. The highest BCUT2D eigenvalue weighted by Gasteiger charge is 2.21. The molecular formula is C15H15N3O3. The summed E-state index contributed by atoms with van der Waals surface area (Å²) in [6.07, 6.45) is 4.12. The van der Waals surface area contributed by atoms with Gasteiger partial charge in [0.15, 0.2) is 6.39 Å². The average molecular weight is 285 g/mol. The van der Waals surface area contributed by atoms with Crippen LogP contribution >= 0.6 is 0 Å². The lowest BCUT2D eigenvalue weighted by Gasteiger charge is -2.15. The maximum atomic E-state index is 11.7. The van der Waals surface area contributed by atoms with Crippen molar-refractivity contribution in [1.29, 1.82) is 0 Å². The van der Waals surface area contributed by atoms with Crippen molar-refractivity contribution in [1.82, 2.24) is 10.3 Å². The van der Waals surface area contributed by atoms with E-state index in [0.717, 1.165) is 24.2 Å². The number of carbonyl (C=O) groups is 2. The molecule has 0 spiro atoms. The van der Waals surface area contributed by atoms with Crippen LogP contribution in [0.5, 0.6) is 0 Å². The third kappa shape index (κ3) is 2.94. The number of aromatic nitrogens is 1. The number of benzene rings is 1. The Morgan fingerprint density at radius 3 is 2.76 bits per heavy atom. The van der Waals surface area contributed by atoms with Crippen molar-refractivity contribution in [2.45, 2.75) is 19.4 Å². The normalized spacial score (nSPS) is 14.5. The minimum absolute atomic E-state index is 0.168. The molecule has 0 unspecified atom stereocenters. The molecule has 2 aromatic rings. The second kappa shape index (κ2) is 5.78. The van der Waals surface area contributed by atoms with Crippen molar-refractivity contribution >= 4 is 17.5 Å². The topological polar surface area (TPSA) is 75.4 Å². The van der Waals surface area contributed by atoms with Gasteiger partial charge in [0.25, 0.3) is 5.91 Å². The molecule has 6 nitrogen and oxygen atoms in total. The lowest BCUT2D eigenvalue weighted by Crippen LogP contribution is -2.24. The van der Waals surface area contributed by atoms with Crippen LogP contribution in [0.15, 0.2) is 41.3 Å². The van der Waals surface area contributed by atoms with Crippen molar-refractivity contribution in [3.05, 3.63) is 48.2 Å². The second-order valence-electron chi connectivity index (χ2n) is 4.86. The van der Waals surface area contributed by atoms with E-state index >= 15 is 0 Å². The molecule has 1 aliphatic rings. The molecule has 6 heteroatoms. The van der Waals surface area contributed by atoms with Crippen LogP contribution in [0, 0.1) is 0 Å². The molecule has 21 heavy (non-hydrogen) atoms. The Labute approximate surface area is 121 Å². The molecule has 1 aromatic heterocycles. The van der Waals surface area contributed by atoms with Crippen molar-refractivity contribution in [3.8, 4) is 0 Å². The van der Waals surface area contributed by atoms with Crippen LogP contribution in [0.3, 0.4) is 0 Å². The molecule has 3 rings (SSSR count). The van der Waals surface area contributed by atoms with Crippen LogP contribution in [-0.2, 0) is 11.3 Å². The number of nitrogens with one attached hydrogen (secondary N) is 1. The summed E-state index contributed by atoms with van der Waals surface area (Å²) in [5.74, 6) is 0.0574. The molecule has 2 heterocycles. The van der Waals surface area contributed by atoms with Gasteiger partial charge in [0.2, 0.25) is 11.7 Å². The minimum atomic E-state index is -0.300. The predicted octanol–water partition coefficient (Wildman–Crippen LogP) is 1.73. The first-order valence-electron chi connectivity index (χ1n) is 6.80. The molecule has 1 aliphatic heterocycles. The van der Waals surface area contributed by atoms with Gasteiger partial charge in [-0.25, -0.2) is 4.98 Å². The fourth-order valence-corrected chi connectivity index (χ4v) is 2.31. The van der Waals surface area contributed by atoms with E-state index in [-0.39, 0.29) is 17.6 Å². The molecule has 0 saturated carbocycles. The Bertz CT molecular complexity index is 635. The van der Waals surface area contributed by atoms with E-state index in [1.165, 1.54) is 12.6 Å². The summed E-state index contributed by atoms with van der Waals surface area (Å²) in [5, 5.41) is 2.75. The molecule has 108 valence electrons. The zero-order chi connectivity index (χ0) is 14.7. The summed E-state index contributed by atoms with van der Waals surface area (Å²) in [5.41, 5.74) is 1.86. The van der Waals surface area contributed by atoms with Gasteiger partial charge in [-0.3, -0.25) is 9.59 Å². The van der Waals surface area contributed by atoms with Crippen LogP contribution in [0.1, 0.15) is 29.0 Å². The van der Waals surface area contributed by atoms with E-state index in [1.807, 2.05) is 24.3 Å².